The van der Waals surface area contributed by atoms with E-state index in [1.165, 1.54) is 18.2 Å². The summed E-state index contributed by atoms with van der Waals surface area (Å²) in [5, 5.41) is 3.21. The van der Waals surface area contributed by atoms with Gasteiger partial charge >= 0.3 is 6.03 Å². The highest BCUT2D eigenvalue weighted by atomic mass is 32.2. The lowest BCUT2D eigenvalue weighted by molar-refractivity contribution is -0.0448. The molecule has 1 saturated carbocycles. The van der Waals surface area contributed by atoms with E-state index in [1.54, 1.807) is 0 Å². The van der Waals surface area contributed by atoms with Gasteiger partial charge in [-0.3, -0.25) is 4.90 Å². The van der Waals surface area contributed by atoms with Gasteiger partial charge in [0.1, 0.15) is 29.5 Å². The number of aromatic nitrogens is 1. The van der Waals surface area contributed by atoms with E-state index < -0.39 is 68.9 Å². The van der Waals surface area contributed by atoms with E-state index in [2.05, 4.69) is 9.88 Å². The van der Waals surface area contributed by atoms with Crippen LogP contribution in [0, 0.1) is 17.5 Å². The van der Waals surface area contributed by atoms with Crippen molar-refractivity contribution in [2.75, 3.05) is 18.0 Å². The van der Waals surface area contributed by atoms with Crippen LogP contribution < -0.4 is 9.62 Å². The Hall–Kier alpha value is -3.26. The van der Waals surface area contributed by atoms with Crippen molar-refractivity contribution in [1.82, 2.24) is 14.8 Å². The van der Waals surface area contributed by atoms with E-state index >= 15 is 8.78 Å². The number of carbonyl (C=O) groups is 1. The molecule has 0 radical (unpaired) electrons. The van der Waals surface area contributed by atoms with E-state index in [0.29, 0.717) is 25.0 Å². The Morgan fingerprint density at radius 2 is 1.78 bits per heavy atom. The summed E-state index contributed by atoms with van der Waals surface area (Å²) in [6, 6.07) is 1.01. The quantitative estimate of drug-likeness (QED) is 0.492. The number of benzene rings is 2. The van der Waals surface area contributed by atoms with Gasteiger partial charge < -0.3 is 9.42 Å². The lowest BCUT2D eigenvalue weighted by Gasteiger charge is -2.37. The summed E-state index contributed by atoms with van der Waals surface area (Å²) in [7, 11) is -3.94. The minimum absolute atomic E-state index is 0.0376. The second kappa shape index (κ2) is 8.12. The standard InChI is InChI=1S/C23H19F5N4O4S/c24-11-8-14(25)19(15(26)9-11)13-2-1-3-16-20(13)21(29-36-16)31-7-6-18-23(27,28)17(10-32(18)22(31)33)30-37(34,35)12-4-5-12/h1-3,8-9,12,17-18,30H,4-7,10H2/t17-,18-/m1/s1. The van der Waals surface area contributed by atoms with E-state index in [9.17, 15) is 26.4 Å². The SMILES string of the molecule is O=C1N(c2noc3cccc(-c4c(F)cc(F)cc4F)c23)CC[C@H]2N1C[C@@H](NS(=O)(=O)C1CC1)C2(F)F. The molecule has 3 fully saturated rings. The van der Waals surface area contributed by atoms with Crippen molar-refractivity contribution in [2.45, 2.75) is 42.5 Å². The topological polar surface area (TPSA) is 95.8 Å². The fourth-order valence-electron chi connectivity index (χ4n) is 5.10. The van der Waals surface area contributed by atoms with Gasteiger partial charge in [-0.2, -0.15) is 0 Å². The largest absolute Gasteiger partial charge is 0.354 e. The Labute approximate surface area is 207 Å². The lowest BCUT2D eigenvalue weighted by Crippen LogP contribution is -2.56. The zero-order valence-corrected chi connectivity index (χ0v) is 19.7. The number of rotatable bonds is 5. The molecule has 0 spiro atoms. The number of nitrogens with one attached hydrogen (secondary N) is 1. The molecule has 0 bridgehead atoms. The zero-order chi connectivity index (χ0) is 26.3. The Morgan fingerprint density at radius 1 is 1.08 bits per heavy atom. The van der Waals surface area contributed by atoms with Crippen molar-refractivity contribution in [3.63, 3.8) is 0 Å². The number of sulfonamides is 1. The fraction of sp³-hybridized carbons (Fsp3) is 0.391. The molecule has 196 valence electrons. The van der Waals surface area contributed by atoms with Gasteiger partial charge in [-0.15, -0.1) is 0 Å². The number of carbonyl (C=O) groups excluding carboxylic acids is 1. The van der Waals surface area contributed by atoms with Gasteiger partial charge in [0, 0.05) is 30.8 Å². The molecule has 2 aliphatic heterocycles. The molecule has 37 heavy (non-hydrogen) atoms. The van der Waals surface area contributed by atoms with E-state index in [1.807, 2.05) is 0 Å². The first kappa shape index (κ1) is 24.1. The van der Waals surface area contributed by atoms with Gasteiger partial charge in [-0.1, -0.05) is 17.3 Å². The molecule has 3 aliphatic rings. The Bertz CT molecular complexity index is 1520. The summed E-state index contributed by atoms with van der Waals surface area (Å²) in [6.45, 7) is -0.801. The van der Waals surface area contributed by atoms with Gasteiger partial charge in [0.15, 0.2) is 11.4 Å². The molecule has 1 aliphatic carbocycles. The molecule has 6 rings (SSSR count). The summed E-state index contributed by atoms with van der Waals surface area (Å²) < 4.78 is 105. The van der Waals surface area contributed by atoms with Crippen molar-refractivity contribution in [1.29, 1.82) is 0 Å². The molecular formula is C23H19F5N4O4S. The van der Waals surface area contributed by atoms with Gasteiger partial charge in [0.05, 0.1) is 16.2 Å². The summed E-state index contributed by atoms with van der Waals surface area (Å²) >= 11 is 0. The third-order valence-corrected chi connectivity index (χ3v) is 9.01. The number of amides is 2. The predicted molar refractivity (Wildman–Crippen MR) is 121 cm³/mol. The second-order valence-electron chi connectivity index (χ2n) is 9.41. The van der Waals surface area contributed by atoms with Crippen LogP contribution in [0.3, 0.4) is 0 Å². The summed E-state index contributed by atoms with van der Waals surface area (Å²) in [4.78, 5) is 15.3. The molecule has 3 aromatic rings. The molecule has 8 nitrogen and oxygen atoms in total. The van der Waals surface area contributed by atoms with Crippen molar-refractivity contribution in [3.05, 3.63) is 47.8 Å². The monoisotopic (exact) mass is 542 g/mol. The van der Waals surface area contributed by atoms with E-state index in [4.69, 9.17) is 4.52 Å². The smallest absolute Gasteiger partial charge is 0.326 e. The molecule has 2 aromatic carbocycles. The third-order valence-electron chi connectivity index (χ3n) is 7.05. The van der Waals surface area contributed by atoms with Gasteiger partial charge in [-0.25, -0.2) is 39.9 Å². The molecule has 1 aromatic heterocycles. The maximum Gasteiger partial charge on any atom is 0.326 e. The summed E-state index contributed by atoms with van der Waals surface area (Å²) in [5.41, 5.74) is -0.575. The molecule has 1 N–H and O–H groups in total. The van der Waals surface area contributed by atoms with Crippen LogP contribution in [0.15, 0.2) is 34.9 Å². The summed E-state index contributed by atoms with van der Waals surface area (Å²) in [5.74, 6) is -7.15. The average Bonchev–Trinajstić information content (AvgIpc) is 3.55. The highest BCUT2D eigenvalue weighted by Gasteiger charge is 2.61. The van der Waals surface area contributed by atoms with Crippen molar-refractivity contribution < 1.29 is 39.7 Å². The van der Waals surface area contributed by atoms with Crippen LogP contribution in [0.1, 0.15) is 19.3 Å². The van der Waals surface area contributed by atoms with Crippen LogP contribution in [0.4, 0.5) is 32.6 Å². The number of anilines is 1. The Kier molecular flexibility index (Phi) is 5.29. The number of hydrogen-bond donors (Lipinski definition) is 1. The third kappa shape index (κ3) is 3.76. The van der Waals surface area contributed by atoms with Crippen LogP contribution in [0.5, 0.6) is 0 Å². The lowest BCUT2D eigenvalue weighted by atomic mass is 9.99. The number of nitrogens with zero attached hydrogens (tertiary/aromatic N) is 3. The molecule has 2 saturated heterocycles. The van der Waals surface area contributed by atoms with Crippen molar-refractivity contribution in [3.8, 4) is 11.1 Å². The first-order valence-corrected chi connectivity index (χ1v) is 13.0. The molecule has 2 amide bonds. The van der Waals surface area contributed by atoms with Gasteiger partial charge in [0.2, 0.25) is 10.0 Å². The maximum atomic E-state index is 15.2. The van der Waals surface area contributed by atoms with Crippen LogP contribution in [-0.2, 0) is 10.0 Å². The molecule has 2 atom stereocenters. The zero-order valence-electron chi connectivity index (χ0n) is 18.9. The molecule has 14 heteroatoms. The Morgan fingerprint density at radius 3 is 2.46 bits per heavy atom. The normalized spacial score (nSPS) is 23.6. The van der Waals surface area contributed by atoms with Gasteiger partial charge in [0.25, 0.3) is 5.92 Å². The van der Waals surface area contributed by atoms with Crippen molar-refractivity contribution >= 4 is 32.8 Å². The minimum atomic E-state index is -3.94. The first-order valence-electron chi connectivity index (χ1n) is 11.5. The summed E-state index contributed by atoms with van der Waals surface area (Å²) in [6.07, 6.45) is 0.560. The van der Waals surface area contributed by atoms with E-state index in [-0.39, 0.29) is 35.3 Å². The van der Waals surface area contributed by atoms with Crippen LogP contribution in [0.25, 0.3) is 22.1 Å². The number of hydrogen-bond acceptors (Lipinski definition) is 5. The van der Waals surface area contributed by atoms with Crippen LogP contribution >= 0.6 is 0 Å². The second-order valence-corrected chi connectivity index (χ2v) is 11.4. The predicted octanol–water partition coefficient (Wildman–Crippen LogP) is 4.01. The molecule has 0 unspecified atom stereocenters. The van der Waals surface area contributed by atoms with Crippen LogP contribution in [-0.4, -0.2) is 60.9 Å². The molecular weight excluding hydrogens is 523 g/mol. The molecule has 3 heterocycles. The number of fused-ring (bicyclic) bond motifs is 2. The fourth-order valence-corrected chi connectivity index (χ4v) is 6.68. The minimum Gasteiger partial charge on any atom is -0.354 e. The first-order chi connectivity index (χ1) is 17.5. The highest BCUT2D eigenvalue weighted by molar-refractivity contribution is 7.90. The van der Waals surface area contributed by atoms with E-state index in [0.717, 1.165) is 9.80 Å². The number of halogens is 5. The van der Waals surface area contributed by atoms with Gasteiger partial charge in [-0.05, 0) is 25.3 Å². The number of alkyl halides is 2. The Balaban J connectivity index is 1.37. The van der Waals surface area contributed by atoms with Crippen LogP contribution in [0.2, 0.25) is 0 Å². The average molecular weight is 542 g/mol. The number of urea groups is 1. The van der Waals surface area contributed by atoms with Crippen molar-refractivity contribution in [2.24, 2.45) is 0 Å². The highest BCUT2D eigenvalue weighted by Crippen LogP contribution is 2.43. The maximum absolute atomic E-state index is 15.2.